The zero-order valence-corrected chi connectivity index (χ0v) is 29.1. The largest absolute Gasteiger partial charge is 0.453 e. The third-order valence-corrected chi connectivity index (χ3v) is 9.53. The van der Waals surface area contributed by atoms with Crippen molar-refractivity contribution >= 4 is 51.7 Å². The first kappa shape index (κ1) is 37.8. The number of nitrogens with two attached hydrogens (primary N) is 1. The molecule has 1 aromatic rings. The van der Waals surface area contributed by atoms with Crippen molar-refractivity contribution in [2.75, 3.05) is 45.0 Å². The molecule has 2 aliphatic rings. The molecule has 1 fully saturated rings. The van der Waals surface area contributed by atoms with Gasteiger partial charge in [0.2, 0.25) is 0 Å². The molecule has 1 aromatic heterocycles. The van der Waals surface area contributed by atoms with Crippen LogP contribution in [0.1, 0.15) is 96.6 Å². The highest BCUT2D eigenvalue weighted by molar-refractivity contribution is 8.00. The number of amides is 2. The van der Waals surface area contributed by atoms with Gasteiger partial charge < -0.3 is 30.1 Å². The summed E-state index contributed by atoms with van der Waals surface area (Å²) in [6.07, 6.45) is 15.0. The molecule has 1 saturated heterocycles. The summed E-state index contributed by atoms with van der Waals surface area (Å²) in [6.45, 7) is 6.02. The van der Waals surface area contributed by atoms with Crippen LogP contribution in [0.2, 0.25) is 0 Å². The number of oxime groups is 1. The highest BCUT2D eigenvalue weighted by atomic mass is 32.2. The highest BCUT2D eigenvalue weighted by Gasteiger charge is 2.53. The molecular formula is C32H51N5O7S2. The number of nitrogen functional groups attached to an aromatic ring is 1. The van der Waals surface area contributed by atoms with Crippen molar-refractivity contribution in [1.29, 1.82) is 0 Å². The van der Waals surface area contributed by atoms with E-state index in [4.69, 9.17) is 24.8 Å². The van der Waals surface area contributed by atoms with Gasteiger partial charge in [0.15, 0.2) is 10.8 Å². The SMILES string of the molecule is CCCCCCCCOCC(COCCCCCCCC)OC(=O)C1=CCS[C@@H]2C(NC(=O)/C(=N\OC)c3csc(N)n3)C(=O)N12. The number of β-lactam (4-membered cyclic amide) rings is 1. The van der Waals surface area contributed by atoms with Crippen LogP contribution in [0.4, 0.5) is 5.13 Å². The van der Waals surface area contributed by atoms with Crippen LogP contribution < -0.4 is 11.1 Å². The molecule has 0 aromatic carbocycles. The number of nitrogens with one attached hydrogen (secondary N) is 1. The van der Waals surface area contributed by atoms with Crippen LogP contribution in [0, 0.1) is 0 Å². The molecule has 0 spiro atoms. The lowest BCUT2D eigenvalue weighted by Crippen LogP contribution is -2.70. The summed E-state index contributed by atoms with van der Waals surface area (Å²) in [5, 5.41) is 7.87. The summed E-state index contributed by atoms with van der Waals surface area (Å²) >= 11 is 2.59. The second-order valence-electron chi connectivity index (χ2n) is 11.4. The molecular weight excluding hydrogens is 631 g/mol. The first-order valence-electron chi connectivity index (χ1n) is 16.6. The summed E-state index contributed by atoms with van der Waals surface area (Å²) in [7, 11) is 1.31. The van der Waals surface area contributed by atoms with E-state index in [1.54, 1.807) is 11.5 Å². The molecule has 12 nitrogen and oxygen atoms in total. The normalized spacial score (nSPS) is 17.8. The Morgan fingerprint density at radius 2 is 1.63 bits per heavy atom. The predicted octanol–water partition coefficient (Wildman–Crippen LogP) is 5.03. The van der Waals surface area contributed by atoms with Crippen LogP contribution in [-0.4, -0.2) is 90.2 Å². The smallest absolute Gasteiger partial charge is 0.355 e. The molecule has 2 aliphatic heterocycles. The number of carbonyl (C=O) groups excluding carboxylic acids is 3. The molecule has 2 amide bonds. The fraction of sp³-hybridized carbons (Fsp3) is 0.719. The number of nitrogens with zero attached hydrogens (tertiary/aromatic N) is 3. The Labute approximate surface area is 281 Å². The van der Waals surface area contributed by atoms with E-state index in [9.17, 15) is 14.4 Å². The molecule has 46 heavy (non-hydrogen) atoms. The lowest BCUT2D eigenvalue weighted by molar-refractivity contribution is -0.159. The van der Waals surface area contributed by atoms with Gasteiger partial charge in [-0.15, -0.1) is 23.1 Å². The molecule has 14 heteroatoms. The van der Waals surface area contributed by atoms with E-state index in [0.29, 0.717) is 19.0 Å². The molecule has 3 rings (SSSR count). The average molecular weight is 682 g/mol. The van der Waals surface area contributed by atoms with Crippen LogP contribution in [0.5, 0.6) is 0 Å². The fourth-order valence-corrected chi connectivity index (χ4v) is 6.90. The van der Waals surface area contributed by atoms with E-state index in [-0.39, 0.29) is 35.4 Å². The van der Waals surface area contributed by atoms with Gasteiger partial charge >= 0.3 is 5.97 Å². The number of ether oxygens (including phenoxy) is 3. The number of esters is 1. The Bertz CT molecular complexity index is 1140. The van der Waals surface area contributed by atoms with Crippen molar-refractivity contribution in [3.63, 3.8) is 0 Å². The maximum Gasteiger partial charge on any atom is 0.355 e. The van der Waals surface area contributed by atoms with E-state index >= 15 is 0 Å². The minimum absolute atomic E-state index is 0.0950. The second-order valence-corrected chi connectivity index (χ2v) is 13.4. The zero-order chi connectivity index (χ0) is 33.1. The Morgan fingerprint density at radius 1 is 1.02 bits per heavy atom. The summed E-state index contributed by atoms with van der Waals surface area (Å²) in [4.78, 5) is 49.9. The van der Waals surface area contributed by atoms with Gasteiger partial charge in [0.05, 0.1) is 13.2 Å². The van der Waals surface area contributed by atoms with Gasteiger partial charge in [-0.1, -0.05) is 83.2 Å². The number of hydrogen-bond donors (Lipinski definition) is 2. The Morgan fingerprint density at radius 3 is 2.20 bits per heavy atom. The topological polar surface area (TPSA) is 155 Å². The van der Waals surface area contributed by atoms with Crippen molar-refractivity contribution in [2.45, 2.75) is 108 Å². The van der Waals surface area contributed by atoms with Gasteiger partial charge in [0.1, 0.15) is 36.0 Å². The zero-order valence-electron chi connectivity index (χ0n) is 27.5. The summed E-state index contributed by atoms with van der Waals surface area (Å²) in [6, 6.07) is -0.857. The standard InChI is InChI=1S/C32H51N5O7S2/c1-4-6-8-10-12-14-17-42-20-23(21-43-18-15-13-11-9-7-5-2)44-31(40)25-16-19-45-30-27(29(39)37(25)30)35-28(38)26(36-41-3)24-22-46-32(33)34-24/h16,22-23,27,30H,4-15,17-21H2,1-3H3,(H2,33,34)(H,35,38)/b36-26-/t27?,30-/m1/s1. The third-order valence-electron chi connectivity index (χ3n) is 7.67. The Hall–Kier alpha value is -2.68. The highest BCUT2D eigenvalue weighted by Crippen LogP contribution is 2.38. The fourth-order valence-electron chi connectivity index (χ4n) is 5.16. The van der Waals surface area contributed by atoms with E-state index in [1.165, 1.54) is 75.1 Å². The Balaban J connectivity index is 1.53. The first-order chi connectivity index (χ1) is 22.4. The molecule has 258 valence electrons. The number of fused-ring (bicyclic) bond motifs is 1. The predicted molar refractivity (Wildman–Crippen MR) is 181 cm³/mol. The van der Waals surface area contributed by atoms with E-state index < -0.39 is 35.3 Å². The number of aromatic nitrogens is 1. The molecule has 1 unspecified atom stereocenters. The number of thioether (sulfide) groups is 1. The molecule has 2 atom stereocenters. The molecule has 3 heterocycles. The van der Waals surface area contributed by atoms with Crippen LogP contribution in [0.15, 0.2) is 22.3 Å². The number of carbonyl (C=O) groups is 3. The Kier molecular flexibility index (Phi) is 17.4. The van der Waals surface area contributed by atoms with Gasteiger partial charge in [-0.25, -0.2) is 9.78 Å². The van der Waals surface area contributed by atoms with Crippen LogP contribution in [0.3, 0.4) is 0 Å². The van der Waals surface area contributed by atoms with Gasteiger partial charge in [-0.05, 0) is 18.9 Å². The first-order valence-corrected chi connectivity index (χ1v) is 18.5. The maximum absolute atomic E-state index is 13.4. The molecule has 0 saturated carbocycles. The van der Waals surface area contributed by atoms with Gasteiger partial charge in [0, 0.05) is 24.3 Å². The second kappa shape index (κ2) is 21.2. The number of thiazole rings is 1. The number of rotatable bonds is 24. The van der Waals surface area contributed by atoms with Gasteiger partial charge in [-0.3, -0.25) is 14.5 Å². The van der Waals surface area contributed by atoms with E-state index in [2.05, 4.69) is 29.3 Å². The summed E-state index contributed by atoms with van der Waals surface area (Å²) < 4.78 is 17.6. The number of unbranched alkanes of at least 4 members (excludes halogenated alkanes) is 10. The molecule has 0 aliphatic carbocycles. The average Bonchev–Trinajstić information content (AvgIpc) is 3.49. The van der Waals surface area contributed by atoms with Crippen molar-refractivity contribution in [3.8, 4) is 0 Å². The monoisotopic (exact) mass is 681 g/mol. The van der Waals surface area contributed by atoms with Crippen molar-refractivity contribution in [1.82, 2.24) is 15.2 Å². The van der Waals surface area contributed by atoms with Crippen LogP contribution in [-0.2, 0) is 33.4 Å². The summed E-state index contributed by atoms with van der Waals surface area (Å²) in [5.41, 5.74) is 6.02. The van der Waals surface area contributed by atoms with E-state index in [0.717, 1.165) is 37.0 Å². The van der Waals surface area contributed by atoms with E-state index in [1.807, 2.05) is 0 Å². The van der Waals surface area contributed by atoms with Crippen molar-refractivity contribution in [2.24, 2.45) is 5.16 Å². The van der Waals surface area contributed by atoms with Gasteiger partial charge in [-0.2, -0.15) is 0 Å². The number of hydrogen-bond acceptors (Lipinski definition) is 12. The maximum atomic E-state index is 13.4. The minimum atomic E-state index is -0.857. The molecule has 0 bridgehead atoms. The number of anilines is 1. The van der Waals surface area contributed by atoms with Crippen LogP contribution in [0.25, 0.3) is 0 Å². The minimum Gasteiger partial charge on any atom is -0.453 e. The lowest BCUT2D eigenvalue weighted by Gasteiger charge is -2.48. The quantitative estimate of drug-likeness (QED) is 0.0499. The van der Waals surface area contributed by atoms with Gasteiger partial charge in [0.25, 0.3) is 11.8 Å². The molecule has 0 radical (unpaired) electrons. The lowest BCUT2D eigenvalue weighted by atomic mass is 10.0. The van der Waals surface area contributed by atoms with Crippen molar-refractivity contribution in [3.05, 3.63) is 22.8 Å². The third kappa shape index (κ3) is 11.8. The van der Waals surface area contributed by atoms with Crippen molar-refractivity contribution < 1.29 is 33.4 Å². The summed E-state index contributed by atoms with van der Waals surface area (Å²) in [5.74, 6) is -1.19. The van der Waals surface area contributed by atoms with Crippen LogP contribution >= 0.6 is 23.1 Å². The molecule has 3 N–H and O–H groups in total.